The van der Waals surface area contributed by atoms with Crippen molar-refractivity contribution in [1.82, 2.24) is 0 Å². The summed E-state index contributed by atoms with van der Waals surface area (Å²) in [4.78, 5) is 24.2. The van der Waals surface area contributed by atoms with E-state index in [4.69, 9.17) is 0 Å². The van der Waals surface area contributed by atoms with E-state index in [1.165, 1.54) is 23.3 Å². The van der Waals surface area contributed by atoms with Crippen LogP contribution in [0.3, 0.4) is 0 Å². The van der Waals surface area contributed by atoms with Crippen molar-refractivity contribution in [2.24, 2.45) is 0 Å². The van der Waals surface area contributed by atoms with Gasteiger partial charge >= 0.3 is 11.9 Å². The Hall–Kier alpha value is -4.62. The lowest BCUT2D eigenvalue weighted by Crippen LogP contribution is -2.09. The third-order valence-electron chi connectivity index (χ3n) is 7.28. The lowest BCUT2D eigenvalue weighted by atomic mass is 9.96. The molecule has 0 aliphatic rings. The molecule has 7 nitrogen and oxygen atoms in total. The van der Waals surface area contributed by atoms with Crippen molar-refractivity contribution in [3.05, 3.63) is 118 Å². The Morgan fingerprint density at radius 2 is 1.00 bits per heavy atom. The molecule has 0 bridgehead atoms. The van der Waals surface area contributed by atoms with Crippen LogP contribution < -0.4 is 10.6 Å². The first-order valence-electron chi connectivity index (χ1n) is 14.4. The Balaban J connectivity index is 1.54. The maximum atomic E-state index is 12.1. The Morgan fingerprint density at radius 3 is 1.33 bits per heavy atom. The van der Waals surface area contributed by atoms with Crippen LogP contribution in [0.15, 0.2) is 84.9 Å². The van der Waals surface area contributed by atoms with E-state index in [9.17, 15) is 24.9 Å². The lowest BCUT2D eigenvalue weighted by molar-refractivity contribution is 0.0687. The predicted molar refractivity (Wildman–Crippen MR) is 168 cm³/mol. The Labute approximate surface area is 246 Å². The fourth-order valence-electron chi connectivity index (χ4n) is 4.81. The van der Waals surface area contributed by atoms with Crippen LogP contribution in [0, 0.1) is 0 Å². The highest BCUT2D eigenvalue weighted by Crippen LogP contribution is 2.31. The normalized spacial score (nSPS) is 11.0. The van der Waals surface area contributed by atoms with Gasteiger partial charge in [-0.2, -0.15) is 0 Å². The average Bonchev–Trinajstić information content (AvgIpc) is 3.00. The first-order valence-corrected chi connectivity index (χ1v) is 14.4. The van der Waals surface area contributed by atoms with Crippen molar-refractivity contribution in [3.63, 3.8) is 0 Å². The molecule has 0 aliphatic heterocycles. The number of aryl methyl sites for hydroxylation is 2. The average molecular weight is 567 g/mol. The van der Waals surface area contributed by atoms with Crippen molar-refractivity contribution in [2.75, 3.05) is 10.6 Å². The summed E-state index contributed by atoms with van der Waals surface area (Å²) in [5.74, 6) is -2.28. The number of benzene rings is 4. The maximum absolute atomic E-state index is 12.1. The summed E-state index contributed by atoms with van der Waals surface area (Å²) >= 11 is 0. The molecule has 0 saturated heterocycles. The number of carbonyl (C=O) groups is 2. The van der Waals surface area contributed by atoms with Gasteiger partial charge in [-0.15, -0.1) is 0 Å². The first kappa shape index (κ1) is 30.3. The highest BCUT2D eigenvalue weighted by molar-refractivity contribution is 5.96. The molecule has 4 aromatic carbocycles. The van der Waals surface area contributed by atoms with Crippen molar-refractivity contribution in [1.29, 1.82) is 0 Å². The van der Waals surface area contributed by atoms with Crippen LogP contribution in [0.25, 0.3) is 0 Å². The minimum atomic E-state index is -1.22. The molecular formula is C35H38N2O5. The summed E-state index contributed by atoms with van der Waals surface area (Å²) in [6.45, 7) is 4.30. The molecule has 0 unspecified atom stereocenters. The van der Waals surface area contributed by atoms with E-state index in [1.807, 2.05) is 48.5 Å². The van der Waals surface area contributed by atoms with Crippen LogP contribution >= 0.6 is 0 Å². The molecule has 0 saturated carbocycles. The largest absolute Gasteiger partial charge is 0.478 e. The van der Waals surface area contributed by atoms with Gasteiger partial charge in [-0.3, -0.25) is 0 Å². The first-order chi connectivity index (χ1) is 20.3. The Morgan fingerprint density at radius 1 is 0.619 bits per heavy atom. The standard InChI is InChI=1S/C35H38N2O5/c1-3-5-7-23-9-15-27(16-10-23)36-31-19-13-25(21-29(31)34(39)40)33(38)26-14-20-32(30(22-26)35(41)42)37-28-17-11-24(12-18-28)8-6-4-2/h9-22,33,36-38H,3-8H2,1-2H3,(H,39,40)(H,41,42). The smallest absolute Gasteiger partial charge is 0.337 e. The second-order valence-electron chi connectivity index (χ2n) is 10.5. The Bertz CT molecular complexity index is 1400. The predicted octanol–water partition coefficient (Wildman–Crippen LogP) is 8.34. The molecule has 0 amide bonds. The molecule has 0 atom stereocenters. The van der Waals surface area contributed by atoms with Crippen LogP contribution in [0.2, 0.25) is 0 Å². The molecule has 0 aromatic heterocycles. The van der Waals surface area contributed by atoms with E-state index in [2.05, 4.69) is 24.5 Å². The van der Waals surface area contributed by atoms with Crippen LogP contribution in [-0.4, -0.2) is 27.3 Å². The highest BCUT2D eigenvalue weighted by Gasteiger charge is 2.20. The number of carboxylic acid groups (broad SMARTS) is 2. The van der Waals surface area contributed by atoms with Gasteiger partial charge in [0.25, 0.3) is 0 Å². The monoisotopic (exact) mass is 566 g/mol. The van der Waals surface area contributed by atoms with Gasteiger partial charge in [0, 0.05) is 11.4 Å². The summed E-state index contributed by atoms with van der Waals surface area (Å²) in [5.41, 5.74) is 5.44. The van der Waals surface area contributed by atoms with Gasteiger partial charge in [-0.05, 0) is 96.5 Å². The molecular weight excluding hydrogens is 528 g/mol. The van der Waals surface area contributed by atoms with E-state index in [0.29, 0.717) is 22.5 Å². The number of aliphatic hydroxyl groups is 1. The van der Waals surface area contributed by atoms with E-state index in [0.717, 1.165) is 49.9 Å². The number of unbranched alkanes of at least 4 members (excludes halogenated alkanes) is 2. The molecule has 0 spiro atoms. The minimum absolute atomic E-state index is 0.000683. The number of hydrogen-bond donors (Lipinski definition) is 5. The van der Waals surface area contributed by atoms with Crippen molar-refractivity contribution in [3.8, 4) is 0 Å². The minimum Gasteiger partial charge on any atom is -0.478 e. The van der Waals surface area contributed by atoms with Gasteiger partial charge in [0.1, 0.15) is 6.10 Å². The molecule has 218 valence electrons. The number of carboxylic acids is 2. The van der Waals surface area contributed by atoms with Gasteiger partial charge in [0.05, 0.1) is 22.5 Å². The molecule has 0 fully saturated rings. The lowest BCUT2D eigenvalue weighted by Gasteiger charge is -2.17. The van der Waals surface area contributed by atoms with E-state index in [-0.39, 0.29) is 11.1 Å². The summed E-state index contributed by atoms with van der Waals surface area (Å²) in [6.07, 6.45) is 5.23. The highest BCUT2D eigenvalue weighted by atomic mass is 16.4. The zero-order valence-electron chi connectivity index (χ0n) is 24.1. The fourth-order valence-corrected chi connectivity index (χ4v) is 4.81. The number of anilines is 4. The molecule has 0 aliphatic carbocycles. The van der Waals surface area contributed by atoms with Gasteiger partial charge < -0.3 is 26.0 Å². The van der Waals surface area contributed by atoms with Crippen LogP contribution in [0.5, 0.6) is 0 Å². The summed E-state index contributed by atoms with van der Waals surface area (Å²) in [7, 11) is 0. The quantitative estimate of drug-likeness (QED) is 0.104. The molecule has 0 radical (unpaired) electrons. The van der Waals surface area contributed by atoms with Crippen molar-refractivity contribution in [2.45, 2.75) is 58.5 Å². The fraction of sp³-hybridized carbons (Fsp3) is 0.257. The molecule has 4 rings (SSSR count). The van der Waals surface area contributed by atoms with Crippen LogP contribution in [0.4, 0.5) is 22.7 Å². The summed E-state index contributed by atoms with van der Waals surface area (Å²) in [6, 6.07) is 25.1. The van der Waals surface area contributed by atoms with Crippen molar-refractivity contribution < 1.29 is 24.9 Å². The van der Waals surface area contributed by atoms with Crippen LogP contribution in [-0.2, 0) is 12.8 Å². The molecule has 5 N–H and O–H groups in total. The third-order valence-corrected chi connectivity index (χ3v) is 7.28. The van der Waals surface area contributed by atoms with Gasteiger partial charge in [-0.1, -0.05) is 63.1 Å². The second kappa shape index (κ2) is 14.3. The van der Waals surface area contributed by atoms with Gasteiger partial charge in [-0.25, -0.2) is 9.59 Å². The molecule has 4 aromatic rings. The Kier molecular flexibility index (Phi) is 10.3. The second-order valence-corrected chi connectivity index (χ2v) is 10.5. The number of aliphatic hydroxyl groups excluding tert-OH is 1. The van der Waals surface area contributed by atoms with Crippen LogP contribution in [0.1, 0.15) is 88.6 Å². The number of nitrogens with one attached hydrogen (secondary N) is 2. The number of rotatable bonds is 14. The summed E-state index contributed by atoms with van der Waals surface area (Å²) in [5, 5.41) is 37.3. The molecule has 0 heterocycles. The van der Waals surface area contributed by atoms with E-state index < -0.39 is 18.0 Å². The molecule has 7 heteroatoms. The van der Waals surface area contributed by atoms with E-state index in [1.54, 1.807) is 24.3 Å². The zero-order valence-corrected chi connectivity index (χ0v) is 24.1. The zero-order chi connectivity index (χ0) is 30.1. The number of aromatic carboxylic acids is 2. The van der Waals surface area contributed by atoms with E-state index >= 15 is 0 Å². The van der Waals surface area contributed by atoms with Gasteiger partial charge in [0.2, 0.25) is 0 Å². The third kappa shape index (κ3) is 7.77. The maximum Gasteiger partial charge on any atom is 0.337 e. The summed E-state index contributed by atoms with van der Waals surface area (Å²) < 4.78 is 0. The topological polar surface area (TPSA) is 119 Å². The molecule has 42 heavy (non-hydrogen) atoms. The van der Waals surface area contributed by atoms with Gasteiger partial charge in [0.15, 0.2) is 0 Å². The number of hydrogen-bond acceptors (Lipinski definition) is 5. The SMILES string of the molecule is CCCCc1ccc(Nc2ccc(C(O)c3ccc(Nc4ccc(CCCC)cc4)c(C(=O)O)c3)cc2C(=O)O)cc1. The van der Waals surface area contributed by atoms with Crippen molar-refractivity contribution >= 4 is 34.7 Å².